The number of carbonyl (C=O) groups excluding carboxylic acids is 1. The number of amides is 1. The lowest BCUT2D eigenvalue weighted by Gasteiger charge is -2.09. The van der Waals surface area contributed by atoms with Gasteiger partial charge in [0.2, 0.25) is 0 Å². The molecule has 0 fully saturated rings. The number of hydrogen-bond acceptors (Lipinski definition) is 4. The SMILES string of the molecule is Cc1ccc(COc2ccc(C=NNC(=O)c3cccnc3Cl)cc2I)cc1. The molecule has 0 bridgehead atoms. The molecule has 3 aromatic rings. The fraction of sp³-hybridized carbons (Fsp3) is 0.0952. The summed E-state index contributed by atoms with van der Waals surface area (Å²) in [6.07, 6.45) is 3.08. The zero-order valence-electron chi connectivity index (χ0n) is 15.0. The Bertz CT molecular complexity index is 1010. The predicted molar refractivity (Wildman–Crippen MR) is 119 cm³/mol. The molecule has 1 amide bonds. The summed E-state index contributed by atoms with van der Waals surface area (Å²) in [5, 5.41) is 4.12. The largest absolute Gasteiger partial charge is 0.488 e. The molecule has 0 unspecified atom stereocenters. The minimum absolute atomic E-state index is 0.139. The summed E-state index contributed by atoms with van der Waals surface area (Å²) in [5.41, 5.74) is 5.89. The van der Waals surface area contributed by atoms with E-state index in [4.69, 9.17) is 16.3 Å². The average molecular weight is 506 g/mol. The lowest BCUT2D eigenvalue weighted by Crippen LogP contribution is -2.18. The average Bonchev–Trinajstić information content (AvgIpc) is 2.69. The van der Waals surface area contributed by atoms with E-state index in [0.717, 1.165) is 20.4 Å². The maximum Gasteiger partial charge on any atom is 0.274 e. The van der Waals surface area contributed by atoms with Crippen LogP contribution in [0, 0.1) is 10.5 Å². The van der Waals surface area contributed by atoms with E-state index < -0.39 is 5.91 Å². The van der Waals surface area contributed by atoms with Crippen LogP contribution in [0.5, 0.6) is 5.75 Å². The minimum Gasteiger partial charge on any atom is -0.488 e. The molecule has 5 nitrogen and oxygen atoms in total. The third kappa shape index (κ3) is 5.53. The van der Waals surface area contributed by atoms with Crippen molar-refractivity contribution >= 4 is 46.3 Å². The molecule has 7 heteroatoms. The van der Waals surface area contributed by atoms with Crippen molar-refractivity contribution in [1.29, 1.82) is 0 Å². The summed E-state index contributed by atoms with van der Waals surface area (Å²) in [6.45, 7) is 2.56. The molecular formula is C21H17ClIN3O2. The third-order valence-electron chi connectivity index (χ3n) is 3.85. The van der Waals surface area contributed by atoms with Gasteiger partial charge in [0, 0.05) is 6.20 Å². The van der Waals surface area contributed by atoms with E-state index in [0.29, 0.717) is 6.61 Å². The Morgan fingerprint density at radius 3 is 2.75 bits per heavy atom. The van der Waals surface area contributed by atoms with E-state index >= 15 is 0 Å². The van der Waals surface area contributed by atoms with Gasteiger partial charge in [0.1, 0.15) is 17.5 Å². The van der Waals surface area contributed by atoms with E-state index in [1.54, 1.807) is 18.3 Å². The van der Waals surface area contributed by atoms with Crippen molar-refractivity contribution in [3.05, 3.63) is 91.8 Å². The van der Waals surface area contributed by atoms with Crippen molar-refractivity contribution in [2.24, 2.45) is 5.10 Å². The molecule has 0 saturated carbocycles. The summed E-state index contributed by atoms with van der Waals surface area (Å²) < 4.78 is 6.84. The van der Waals surface area contributed by atoms with Gasteiger partial charge in [-0.25, -0.2) is 10.4 Å². The van der Waals surface area contributed by atoms with Crippen LogP contribution >= 0.6 is 34.2 Å². The van der Waals surface area contributed by atoms with Crippen molar-refractivity contribution in [2.75, 3.05) is 0 Å². The van der Waals surface area contributed by atoms with E-state index in [1.165, 1.54) is 11.8 Å². The number of hydrazone groups is 1. The number of aromatic nitrogens is 1. The van der Waals surface area contributed by atoms with Gasteiger partial charge in [0.05, 0.1) is 15.3 Å². The van der Waals surface area contributed by atoms with E-state index in [-0.39, 0.29) is 10.7 Å². The summed E-state index contributed by atoms with van der Waals surface area (Å²) in [6, 6.07) is 17.2. The van der Waals surface area contributed by atoms with Crippen LogP contribution in [0.1, 0.15) is 27.0 Å². The fourth-order valence-corrected chi connectivity index (χ4v) is 3.24. The molecule has 0 radical (unpaired) electrons. The molecule has 28 heavy (non-hydrogen) atoms. The number of carbonyl (C=O) groups is 1. The van der Waals surface area contributed by atoms with Crippen LogP contribution in [0.3, 0.4) is 0 Å². The normalized spacial score (nSPS) is 10.8. The van der Waals surface area contributed by atoms with Crippen molar-refractivity contribution < 1.29 is 9.53 Å². The Hall–Kier alpha value is -2.45. The molecule has 0 aliphatic rings. The molecule has 0 aliphatic heterocycles. The van der Waals surface area contributed by atoms with Crippen LogP contribution < -0.4 is 10.2 Å². The molecule has 1 heterocycles. The van der Waals surface area contributed by atoms with Crippen LogP contribution in [0.2, 0.25) is 5.15 Å². The molecule has 3 rings (SSSR count). The number of rotatable bonds is 6. The number of halogens is 2. The highest BCUT2D eigenvalue weighted by Crippen LogP contribution is 2.22. The van der Waals surface area contributed by atoms with Crippen LogP contribution in [-0.2, 0) is 6.61 Å². The summed E-state index contributed by atoms with van der Waals surface area (Å²) in [5.74, 6) is 0.381. The number of ether oxygens (including phenoxy) is 1. The van der Waals surface area contributed by atoms with Gasteiger partial charge in [-0.15, -0.1) is 0 Å². The Kier molecular flexibility index (Phi) is 7.00. The molecule has 0 atom stereocenters. The van der Waals surface area contributed by atoms with Gasteiger partial charge in [0.25, 0.3) is 5.91 Å². The highest BCUT2D eigenvalue weighted by atomic mass is 127. The van der Waals surface area contributed by atoms with Crippen molar-refractivity contribution in [1.82, 2.24) is 10.4 Å². The van der Waals surface area contributed by atoms with E-state index in [2.05, 4.69) is 69.3 Å². The Labute approximate surface area is 181 Å². The van der Waals surface area contributed by atoms with Crippen LogP contribution in [-0.4, -0.2) is 17.1 Å². The van der Waals surface area contributed by atoms with Gasteiger partial charge >= 0.3 is 0 Å². The number of pyridine rings is 1. The Balaban J connectivity index is 1.59. The molecule has 142 valence electrons. The summed E-state index contributed by atoms with van der Waals surface area (Å²) in [4.78, 5) is 15.9. The van der Waals surface area contributed by atoms with Crippen molar-refractivity contribution in [3.8, 4) is 5.75 Å². The molecule has 1 N–H and O–H groups in total. The zero-order valence-corrected chi connectivity index (χ0v) is 17.9. The fourth-order valence-electron chi connectivity index (χ4n) is 2.34. The van der Waals surface area contributed by atoms with Crippen molar-refractivity contribution in [3.63, 3.8) is 0 Å². The smallest absolute Gasteiger partial charge is 0.274 e. The lowest BCUT2D eigenvalue weighted by molar-refractivity contribution is 0.0955. The molecule has 0 spiro atoms. The number of nitrogens with zero attached hydrogens (tertiary/aromatic N) is 2. The van der Waals surface area contributed by atoms with E-state index in [9.17, 15) is 4.79 Å². The molecule has 0 saturated heterocycles. The first-order chi connectivity index (χ1) is 13.5. The van der Waals surface area contributed by atoms with Crippen LogP contribution in [0.4, 0.5) is 0 Å². The van der Waals surface area contributed by atoms with Gasteiger partial charge in [-0.2, -0.15) is 5.10 Å². The zero-order chi connectivity index (χ0) is 19.9. The van der Waals surface area contributed by atoms with Gasteiger partial charge in [-0.1, -0.05) is 41.4 Å². The lowest BCUT2D eigenvalue weighted by atomic mass is 10.2. The first kappa shape index (κ1) is 20.3. The topological polar surface area (TPSA) is 63.6 Å². The second-order valence-electron chi connectivity index (χ2n) is 6.01. The number of benzene rings is 2. The maximum absolute atomic E-state index is 12.0. The van der Waals surface area contributed by atoms with Gasteiger partial charge in [-0.05, 0) is 71.0 Å². The van der Waals surface area contributed by atoms with Crippen LogP contribution in [0.25, 0.3) is 0 Å². The Morgan fingerprint density at radius 2 is 2.04 bits per heavy atom. The predicted octanol–water partition coefficient (Wildman–Crippen LogP) is 4.99. The standard InChI is InChI=1S/C21H17ClIN3O2/c1-14-4-6-15(7-5-14)13-28-19-9-8-16(11-18(19)23)12-25-26-21(27)17-3-2-10-24-20(17)22/h2-12H,13H2,1H3,(H,26,27). The molecule has 0 aliphatic carbocycles. The van der Waals surface area contributed by atoms with E-state index in [1.807, 2.05) is 18.2 Å². The van der Waals surface area contributed by atoms with Crippen LogP contribution in [0.15, 0.2) is 65.9 Å². The summed E-state index contributed by atoms with van der Waals surface area (Å²) >= 11 is 8.11. The molecule has 1 aromatic heterocycles. The van der Waals surface area contributed by atoms with Gasteiger partial charge in [0.15, 0.2) is 0 Å². The number of hydrogen-bond donors (Lipinski definition) is 1. The number of aryl methyl sites for hydroxylation is 1. The monoisotopic (exact) mass is 505 g/mol. The first-order valence-electron chi connectivity index (χ1n) is 8.45. The minimum atomic E-state index is -0.415. The second kappa shape index (κ2) is 9.66. The van der Waals surface area contributed by atoms with Gasteiger partial charge in [-0.3, -0.25) is 4.79 Å². The van der Waals surface area contributed by atoms with Gasteiger partial charge < -0.3 is 4.74 Å². The van der Waals surface area contributed by atoms with Crippen molar-refractivity contribution in [2.45, 2.75) is 13.5 Å². The quantitative estimate of drug-likeness (QED) is 0.222. The highest BCUT2D eigenvalue weighted by Gasteiger charge is 2.09. The summed E-state index contributed by atoms with van der Waals surface area (Å²) in [7, 11) is 0. The third-order valence-corrected chi connectivity index (χ3v) is 5.00. The molecular weight excluding hydrogens is 489 g/mol. The number of nitrogens with one attached hydrogen (secondary N) is 1. The first-order valence-corrected chi connectivity index (χ1v) is 9.90. The highest BCUT2D eigenvalue weighted by molar-refractivity contribution is 14.1. The Morgan fingerprint density at radius 1 is 1.25 bits per heavy atom. The molecule has 2 aromatic carbocycles. The maximum atomic E-state index is 12.0. The second-order valence-corrected chi connectivity index (χ2v) is 7.53.